The first-order valence-corrected chi connectivity index (χ1v) is 5.98. The lowest BCUT2D eigenvalue weighted by atomic mass is 10.1. The summed E-state index contributed by atoms with van der Waals surface area (Å²) in [5.74, 6) is -0.918. The van der Waals surface area contributed by atoms with E-state index in [0.717, 1.165) is 11.1 Å². The van der Waals surface area contributed by atoms with Crippen molar-refractivity contribution in [2.75, 3.05) is 0 Å². The standard InChI is InChI=1S/C11H7BrO2S/c12-10-8(7-4-5-15-6-7)2-1-3-9(10)11(13)14/h1-6H,(H,13,14). The smallest absolute Gasteiger partial charge is 0.336 e. The summed E-state index contributed by atoms with van der Waals surface area (Å²) in [4.78, 5) is 10.9. The minimum Gasteiger partial charge on any atom is -0.478 e. The summed E-state index contributed by atoms with van der Waals surface area (Å²) in [6.07, 6.45) is 0. The Morgan fingerprint density at radius 1 is 1.33 bits per heavy atom. The Balaban J connectivity index is 2.59. The van der Waals surface area contributed by atoms with Crippen molar-refractivity contribution in [3.8, 4) is 11.1 Å². The van der Waals surface area contributed by atoms with Crippen molar-refractivity contribution >= 4 is 33.2 Å². The molecular formula is C11H7BrO2S. The van der Waals surface area contributed by atoms with Crippen LogP contribution in [0, 0.1) is 0 Å². The number of aromatic carboxylic acids is 1. The maximum atomic E-state index is 10.9. The fourth-order valence-electron chi connectivity index (χ4n) is 1.34. The molecule has 15 heavy (non-hydrogen) atoms. The van der Waals surface area contributed by atoms with Crippen molar-refractivity contribution in [3.63, 3.8) is 0 Å². The lowest BCUT2D eigenvalue weighted by Gasteiger charge is -2.04. The zero-order valence-corrected chi connectivity index (χ0v) is 10.0. The Labute approximate surface area is 99.3 Å². The van der Waals surface area contributed by atoms with Gasteiger partial charge in [-0.15, -0.1) is 0 Å². The summed E-state index contributed by atoms with van der Waals surface area (Å²) < 4.78 is 0.635. The van der Waals surface area contributed by atoms with Crippen molar-refractivity contribution in [1.82, 2.24) is 0 Å². The number of rotatable bonds is 2. The maximum Gasteiger partial charge on any atom is 0.336 e. The summed E-state index contributed by atoms with van der Waals surface area (Å²) in [7, 11) is 0. The molecule has 0 spiro atoms. The molecule has 4 heteroatoms. The summed E-state index contributed by atoms with van der Waals surface area (Å²) >= 11 is 4.92. The van der Waals surface area contributed by atoms with Crippen molar-refractivity contribution in [2.24, 2.45) is 0 Å². The molecule has 0 amide bonds. The molecule has 2 aromatic rings. The molecule has 1 aromatic heterocycles. The topological polar surface area (TPSA) is 37.3 Å². The predicted octanol–water partition coefficient (Wildman–Crippen LogP) is 3.88. The zero-order valence-electron chi connectivity index (χ0n) is 7.61. The third kappa shape index (κ3) is 1.96. The van der Waals surface area contributed by atoms with E-state index in [1.54, 1.807) is 23.5 Å². The van der Waals surface area contributed by atoms with Crippen LogP contribution in [0.25, 0.3) is 11.1 Å². The van der Waals surface area contributed by atoms with Gasteiger partial charge in [-0.05, 0) is 49.9 Å². The van der Waals surface area contributed by atoms with Gasteiger partial charge in [0.1, 0.15) is 0 Å². The SMILES string of the molecule is O=C(O)c1cccc(-c2ccsc2)c1Br. The predicted molar refractivity (Wildman–Crippen MR) is 64.4 cm³/mol. The van der Waals surface area contributed by atoms with E-state index in [1.165, 1.54) is 0 Å². The van der Waals surface area contributed by atoms with E-state index in [2.05, 4.69) is 15.9 Å². The molecule has 0 bridgehead atoms. The van der Waals surface area contributed by atoms with E-state index < -0.39 is 5.97 Å². The molecule has 1 N–H and O–H groups in total. The minimum atomic E-state index is -0.918. The first-order chi connectivity index (χ1) is 7.20. The summed E-state index contributed by atoms with van der Waals surface area (Å²) in [6, 6.07) is 7.21. The molecule has 2 rings (SSSR count). The zero-order chi connectivity index (χ0) is 10.8. The largest absolute Gasteiger partial charge is 0.478 e. The molecule has 0 fully saturated rings. The number of hydrogen-bond donors (Lipinski definition) is 1. The molecule has 1 heterocycles. The number of hydrogen-bond acceptors (Lipinski definition) is 2. The van der Waals surface area contributed by atoms with Crippen LogP contribution in [0.4, 0.5) is 0 Å². The van der Waals surface area contributed by atoms with E-state index in [4.69, 9.17) is 5.11 Å². The first-order valence-electron chi connectivity index (χ1n) is 4.24. The molecule has 0 aliphatic carbocycles. The van der Waals surface area contributed by atoms with E-state index in [-0.39, 0.29) is 0 Å². The average Bonchev–Trinajstić information content (AvgIpc) is 2.70. The monoisotopic (exact) mass is 282 g/mol. The van der Waals surface area contributed by atoms with E-state index in [0.29, 0.717) is 10.0 Å². The van der Waals surface area contributed by atoms with Gasteiger partial charge in [-0.25, -0.2) is 4.79 Å². The second-order valence-electron chi connectivity index (χ2n) is 2.98. The van der Waals surface area contributed by atoms with Crippen molar-refractivity contribution < 1.29 is 9.90 Å². The molecule has 0 atom stereocenters. The number of halogens is 1. The van der Waals surface area contributed by atoms with Crippen LogP contribution in [-0.4, -0.2) is 11.1 Å². The molecule has 2 nitrogen and oxygen atoms in total. The quantitative estimate of drug-likeness (QED) is 0.908. The Bertz CT molecular complexity index is 491. The lowest BCUT2D eigenvalue weighted by Crippen LogP contribution is -1.98. The van der Waals surface area contributed by atoms with E-state index in [9.17, 15) is 4.79 Å². The second kappa shape index (κ2) is 4.16. The number of carboxylic acids is 1. The Kier molecular flexibility index (Phi) is 2.88. The van der Waals surface area contributed by atoms with Gasteiger partial charge in [0.05, 0.1) is 5.56 Å². The van der Waals surface area contributed by atoms with Crippen LogP contribution >= 0.6 is 27.3 Å². The van der Waals surface area contributed by atoms with Crippen LogP contribution in [0.3, 0.4) is 0 Å². The van der Waals surface area contributed by atoms with Crippen LogP contribution in [0.2, 0.25) is 0 Å². The van der Waals surface area contributed by atoms with Crippen molar-refractivity contribution in [2.45, 2.75) is 0 Å². The molecule has 0 aliphatic rings. The van der Waals surface area contributed by atoms with E-state index in [1.807, 2.05) is 22.9 Å². The minimum absolute atomic E-state index is 0.290. The fraction of sp³-hybridized carbons (Fsp3) is 0. The molecule has 0 saturated carbocycles. The Morgan fingerprint density at radius 2 is 2.13 bits per heavy atom. The average molecular weight is 283 g/mol. The third-order valence-corrected chi connectivity index (χ3v) is 3.60. The summed E-state index contributed by atoms with van der Waals surface area (Å²) in [5.41, 5.74) is 2.24. The van der Waals surface area contributed by atoms with E-state index >= 15 is 0 Å². The van der Waals surface area contributed by atoms with Gasteiger partial charge >= 0.3 is 5.97 Å². The Hall–Kier alpha value is -1.13. The van der Waals surface area contributed by atoms with Crippen LogP contribution in [0.15, 0.2) is 39.5 Å². The van der Waals surface area contributed by atoms with Crippen LogP contribution in [-0.2, 0) is 0 Å². The number of thiophene rings is 1. The number of carbonyl (C=O) groups is 1. The normalized spacial score (nSPS) is 10.2. The molecule has 0 unspecified atom stereocenters. The molecule has 0 aliphatic heterocycles. The third-order valence-electron chi connectivity index (χ3n) is 2.06. The Morgan fingerprint density at radius 3 is 2.73 bits per heavy atom. The van der Waals surface area contributed by atoms with Gasteiger partial charge in [0.15, 0.2) is 0 Å². The fourth-order valence-corrected chi connectivity index (χ4v) is 2.66. The number of benzene rings is 1. The highest BCUT2D eigenvalue weighted by Crippen LogP contribution is 2.32. The van der Waals surface area contributed by atoms with Crippen molar-refractivity contribution in [3.05, 3.63) is 45.1 Å². The number of carboxylic acid groups (broad SMARTS) is 1. The molecule has 0 radical (unpaired) electrons. The van der Waals surface area contributed by atoms with Crippen LogP contribution < -0.4 is 0 Å². The van der Waals surface area contributed by atoms with Crippen LogP contribution in [0.5, 0.6) is 0 Å². The van der Waals surface area contributed by atoms with Gasteiger partial charge in [0.2, 0.25) is 0 Å². The van der Waals surface area contributed by atoms with Gasteiger partial charge in [-0.3, -0.25) is 0 Å². The summed E-state index contributed by atoms with van der Waals surface area (Å²) in [6.45, 7) is 0. The second-order valence-corrected chi connectivity index (χ2v) is 4.56. The summed E-state index contributed by atoms with van der Waals surface area (Å²) in [5, 5.41) is 12.9. The molecule has 0 saturated heterocycles. The molecular weight excluding hydrogens is 276 g/mol. The van der Waals surface area contributed by atoms with Gasteiger partial charge in [-0.1, -0.05) is 12.1 Å². The maximum absolute atomic E-state index is 10.9. The highest BCUT2D eigenvalue weighted by molar-refractivity contribution is 9.10. The van der Waals surface area contributed by atoms with Gasteiger partial charge in [0, 0.05) is 4.47 Å². The van der Waals surface area contributed by atoms with Gasteiger partial charge in [0.25, 0.3) is 0 Å². The first kappa shape index (κ1) is 10.4. The molecule has 1 aromatic carbocycles. The van der Waals surface area contributed by atoms with Gasteiger partial charge in [-0.2, -0.15) is 11.3 Å². The highest BCUT2D eigenvalue weighted by Gasteiger charge is 2.12. The van der Waals surface area contributed by atoms with Gasteiger partial charge < -0.3 is 5.11 Å². The lowest BCUT2D eigenvalue weighted by molar-refractivity contribution is 0.0696. The van der Waals surface area contributed by atoms with Crippen molar-refractivity contribution in [1.29, 1.82) is 0 Å². The molecule has 76 valence electrons. The highest BCUT2D eigenvalue weighted by atomic mass is 79.9. The van der Waals surface area contributed by atoms with Crippen LogP contribution in [0.1, 0.15) is 10.4 Å².